The van der Waals surface area contributed by atoms with Gasteiger partial charge in [0, 0.05) is 51.1 Å². The molecule has 3 heterocycles. The van der Waals surface area contributed by atoms with Gasteiger partial charge in [0.05, 0.1) is 29.3 Å². The first-order valence-electron chi connectivity index (χ1n) is 11.4. The fourth-order valence-electron chi connectivity index (χ4n) is 3.99. The Morgan fingerprint density at radius 1 is 1.22 bits per heavy atom. The number of alkyl halides is 3. The van der Waals surface area contributed by atoms with Crippen molar-refractivity contribution >= 4 is 29.7 Å². The summed E-state index contributed by atoms with van der Waals surface area (Å²) in [7, 11) is 3.60. The molecule has 0 aliphatic carbocycles. The maximum absolute atomic E-state index is 13.0. The van der Waals surface area contributed by atoms with Crippen LogP contribution in [0.15, 0.2) is 48.7 Å². The summed E-state index contributed by atoms with van der Waals surface area (Å²) in [5, 5.41) is 2.64. The number of carbonyl (C=O) groups is 2. The standard InChI is InChI=1S/C26H25F3N4O4/c1-32(13-14-36-2)21-6-4-3-5-17(21)7-8-19-15-18(9-11-30-19)23-16-20-22(10-12-31-24(20)34)33(23)37-25(35)26(27,28)29/h3-9,11,15-16H,10,12-14H2,1-2H3,(H,31,34). The highest BCUT2D eigenvalue weighted by Crippen LogP contribution is 2.29. The van der Waals surface area contributed by atoms with Crippen molar-refractivity contribution in [3.05, 3.63) is 71.2 Å². The molecule has 0 spiro atoms. The van der Waals surface area contributed by atoms with E-state index in [4.69, 9.17) is 9.57 Å². The van der Waals surface area contributed by atoms with Gasteiger partial charge in [-0.1, -0.05) is 24.3 Å². The molecule has 0 saturated carbocycles. The van der Waals surface area contributed by atoms with Crippen LogP contribution in [0, 0.1) is 0 Å². The maximum Gasteiger partial charge on any atom is 0.493 e. The zero-order valence-electron chi connectivity index (χ0n) is 20.2. The molecular formula is C26H25F3N4O4. The number of hydrogen-bond donors (Lipinski definition) is 1. The number of likely N-dealkylation sites (N-methyl/N-ethyl adjacent to an activating group) is 1. The molecule has 0 saturated heterocycles. The van der Waals surface area contributed by atoms with Gasteiger partial charge in [-0.25, -0.2) is 4.79 Å². The minimum absolute atomic E-state index is 0.136. The van der Waals surface area contributed by atoms with Gasteiger partial charge >= 0.3 is 12.1 Å². The Kier molecular flexibility index (Phi) is 7.63. The average molecular weight is 515 g/mol. The number of halogens is 3. The maximum atomic E-state index is 13.0. The van der Waals surface area contributed by atoms with Gasteiger partial charge in [0.1, 0.15) is 0 Å². The van der Waals surface area contributed by atoms with Crippen LogP contribution >= 0.6 is 0 Å². The lowest BCUT2D eigenvalue weighted by Crippen LogP contribution is -2.37. The largest absolute Gasteiger partial charge is 0.493 e. The molecule has 1 N–H and O–H groups in total. The fraction of sp³-hybridized carbons (Fsp3) is 0.269. The van der Waals surface area contributed by atoms with E-state index in [2.05, 4.69) is 15.2 Å². The van der Waals surface area contributed by atoms with Crippen LogP contribution in [0.25, 0.3) is 23.4 Å². The van der Waals surface area contributed by atoms with Crippen LogP contribution in [-0.4, -0.2) is 61.6 Å². The lowest BCUT2D eigenvalue weighted by molar-refractivity contribution is -0.199. The van der Waals surface area contributed by atoms with E-state index in [-0.39, 0.29) is 29.9 Å². The molecule has 4 rings (SSSR count). The van der Waals surface area contributed by atoms with Crippen LogP contribution in [-0.2, 0) is 16.0 Å². The van der Waals surface area contributed by atoms with Gasteiger partial charge in [-0.05, 0) is 35.9 Å². The number of benzene rings is 1. The minimum atomic E-state index is -5.19. The third kappa shape index (κ3) is 5.83. The van der Waals surface area contributed by atoms with Gasteiger partial charge in [0.15, 0.2) is 0 Å². The van der Waals surface area contributed by atoms with Crippen LogP contribution in [0.4, 0.5) is 18.9 Å². The molecule has 37 heavy (non-hydrogen) atoms. The topological polar surface area (TPSA) is 85.7 Å². The van der Waals surface area contributed by atoms with E-state index >= 15 is 0 Å². The van der Waals surface area contributed by atoms with Crippen molar-refractivity contribution in [2.24, 2.45) is 0 Å². The molecule has 1 aliphatic rings. The van der Waals surface area contributed by atoms with Crippen molar-refractivity contribution in [2.45, 2.75) is 12.6 Å². The van der Waals surface area contributed by atoms with Crippen LogP contribution in [0.1, 0.15) is 27.3 Å². The van der Waals surface area contributed by atoms with E-state index in [0.717, 1.165) is 16.0 Å². The number of carbonyl (C=O) groups excluding carboxylic acids is 2. The third-order valence-corrected chi connectivity index (χ3v) is 5.84. The Bertz CT molecular complexity index is 1330. The van der Waals surface area contributed by atoms with Gasteiger partial charge in [-0.3, -0.25) is 9.78 Å². The van der Waals surface area contributed by atoms with Crippen LogP contribution in [0.5, 0.6) is 0 Å². The SMILES string of the molecule is COCCN(C)c1ccccc1C=Cc1cc(-c2cc3c(n2OC(=O)C(F)(F)F)CCNC3=O)ccn1. The highest BCUT2D eigenvalue weighted by Gasteiger charge is 2.43. The molecule has 1 amide bonds. The number of nitrogens with one attached hydrogen (secondary N) is 1. The number of rotatable bonds is 8. The molecule has 0 bridgehead atoms. The molecule has 2 aromatic heterocycles. The lowest BCUT2D eigenvalue weighted by Gasteiger charge is -2.21. The minimum Gasteiger partial charge on any atom is -0.383 e. The summed E-state index contributed by atoms with van der Waals surface area (Å²) in [4.78, 5) is 35.1. The van der Waals surface area contributed by atoms with Gasteiger partial charge in [-0.2, -0.15) is 17.9 Å². The van der Waals surface area contributed by atoms with Gasteiger partial charge < -0.3 is 19.8 Å². The van der Waals surface area contributed by atoms with E-state index < -0.39 is 18.1 Å². The van der Waals surface area contributed by atoms with Crippen molar-refractivity contribution in [1.29, 1.82) is 0 Å². The van der Waals surface area contributed by atoms with Gasteiger partial charge in [0.25, 0.3) is 5.91 Å². The monoisotopic (exact) mass is 514 g/mol. The summed E-state index contributed by atoms with van der Waals surface area (Å²) in [5.41, 5.74) is 3.34. The number of amides is 1. The number of hydrogen-bond acceptors (Lipinski definition) is 6. The van der Waals surface area contributed by atoms with Crippen molar-refractivity contribution in [3.8, 4) is 11.3 Å². The van der Waals surface area contributed by atoms with E-state index in [1.54, 1.807) is 25.3 Å². The average Bonchev–Trinajstić information content (AvgIpc) is 3.25. The molecule has 1 aromatic carbocycles. The predicted molar refractivity (Wildman–Crippen MR) is 132 cm³/mol. The smallest absolute Gasteiger partial charge is 0.383 e. The van der Waals surface area contributed by atoms with Gasteiger partial charge in [0.2, 0.25) is 0 Å². The Morgan fingerprint density at radius 2 is 2.00 bits per heavy atom. The number of anilines is 1. The second-order valence-electron chi connectivity index (χ2n) is 8.34. The summed E-state index contributed by atoms with van der Waals surface area (Å²) in [6.45, 7) is 1.47. The number of pyridine rings is 1. The molecule has 0 radical (unpaired) electrons. The second kappa shape index (κ2) is 10.9. The molecule has 8 nitrogen and oxygen atoms in total. The van der Waals surface area contributed by atoms with Gasteiger partial charge in [-0.15, -0.1) is 0 Å². The number of aromatic nitrogens is 2. The van der Waals surface area contributed by atoms with Crippen molar-refractivity contribution in [3.63, 3.8) is 0 Å². The molecule has 3 aromatic rings. The van der Waals surface area contributed by atoms with Crippen LogP contribution in [0.2, 0.25) is 0 Å². The summed E-state index contributed by atoms with van der Waals surface area (Å²) in [6, 6.07) is 12.4. The predicted octanol–water partition coefficient (Wildman–Crippen LogP) is 3.61. The third-order valence-electron chi connectivity index (χ3n) is 5.84. The van der Waals surface area contributed by atoms with E-state index in [9.17, 15) is 22.8 Å². The Balaban J connectivity index is 1.68. The summed E-state index contributed by atoms with van der Waals surface area (Å²) < 4.78 is 44.9. The van der Waals surface area contributed by atoms with E-state index in [1.165, 1.54) is 12.3 Å². The highest BCUT2D eigenvalue weighted by molar-refractivity contribution is 5.98. The van der Waals surface area contributed by atoms with Crippen molar-refractivity contribution in [1.82, 2.24) is 15.0 Å². The second-order valence-corrected chi connectivity index (χ2v) is 8.34. The zero-order chi connectivity index (χ0) is 26.6. The van der Waals surface area contributed by atoms with Crippen molar-refractivity contribution < 1.29 is 32.3 Å². The number of nitrogens with zero attached hydrogens (tertiary/aromatic N) is 3. The van der Waals surface area contributed by atoms with Crippen molar-refractivity contribution in [2.75, 3.05) is 38.8 Å². The molecule has 11 heteroatoms. The number of para-hydroxylation sites is 1. The molecule has 1 aliphatic heterocycles. The fourth-order valence-corrected chi connectivity index (χ4v) is 3.99. The van der Waals surface area contributed by atoms with Crippen LogP contribution in [0.3, 0.4) is 0 Å². The zero-order valence-corrected chi connectivity index (χ0v) is 20.2. The molecule has 0 unspecified atom stereocenters. The Hall–Kier alpha value is -4.12. The normalized spacial score (nSPS) is 13.4. The first-order chi connectivity index (χ1) is 17.7. The van der Waals surface area contributed by atoms with Crippen LogP contribution < -0.4 is 15.1 Å². The summed E-state index contributed by atoms with van der Waals surface area (Å²) in [5.74, 6) is -2.82. The van der Waals surface area contributed by atoms with E-state index in [0.29, 0.717) is 24.4 Å². The molecule has 194 valence electrons. The quantitative estimate of drug-likeness (QED) is 0.495. The summed E-state index contributed by atoms with van der Waals surface area (Å²) in [6.07, 6.45) is 0.159. The highest BCUT2D eigenvalue weighted by atomic mass is 19.4. The lowest BCUT2D eigenvalue weighted by atomic mass is 10.1. The van der Waals surface area contributed by atoms with E-state index in [1.807, 2.05) is 37.4 Å². The first kappa shape index (κ1) is 26.0. The number of methoxy groups -OCH3 is 1. The Labute approximate surface area is 211 Å². The number of ether oxygens (including phenoxy) is 1. The molecule has 0 atom stereocenters. The molecular weight excluding hydrogens is 489 g/mol. The number of fused-ring (bicyclic) bond motifs is 1. The Morgan fingerprint density at radius 3 is 2.76 bits per heavy atom. The molecule has 0 fully saturated rings. The summed E-state index contributed by atoms with van der Waals surface area (Å²) >= 11 is 0. The first-order valence-corrected chi connectivity index (χ1v) is 11.4.